The van der Waals surface area contributed by atoms with Gasteiger partial charge in [0.15, 0.2) is 0 Å². The zero-order chi connectivity index (χ0) is 19.8. The maximum atomic E-state index is 11.7. The van der Waals surface area contributed by atoms with Crippen LogP contribution in [0.5, 0.6) is 5.75 Å². The third-order valence-electron chi connectivity index (χ3n) is 5.30. The molecule has 2 aliphatic heterocycles. The molecule has 2 aliphatic rings. The molecule has 0 spiro atoms. The predicted octanol–water partition coefficient (Wildman–Crippen LogP) is 5.26. The molecule has 2 heterocycles. The van der Waals surface area contributed by atoms with Gasteiger partial charge in [-0.3, -0.25) is 4.79 Å². The Kier molecular flexibility index (Phi) is 4.56. The van der Waals surface area contributed by atoms with Crippen LogP contribution in [0.25, 0.3) is 10.8 Å². The summed E-state index contributed by atoms with van der Waals surface area (Å²) in [5.41, 5.74) is 3.23. The molecule has 0 N–H and O–H groups in total. The number of fused-ring (bicyclic) bond motifs is 1. The zero-order valence-corrected chi connectivity index (χ0v) is 16.7. The molecule has 1 amide bonds. The number of amidine groups is 1. The third kappa shape index (κ3) is 3.40. The van der Waals surface area contributed by atoms with Crippen LogP contribution >= 0.6 is 11.8 Å². The fourth-order valence-electron chi connectivity index (χ4n) is 3.79. The summed E-state index contributed by atoms with van der Waals surface area (Å²) in [6.45, 7) is 0. The second-order valence-corrected chi connectivity index (χ2v) is 7.96. The van der Waals surface area contributed by atoms with Crippen LogP contribution in [-0.4, -0.2) is 34.7 Å². The highest BCUT2D eigenvalue weighted by molar-refractivity contribution is 8.14. The lowest BCUT2D eigenvalue weighted by molar-refractivity contribution is 0.267. The number of benzene rings is 3. The number of ether oxygens (including phenoxy) is 1. The Balaban J connectivity index is 1.53. The average Bonchev–Trinajstić information content (AvgIpc) is 3.40. The summed E-state index contributed by atoms with van der Waals surface area (Å²) in [4.78, 5) is 15.9. The number of hydrazone groups is 1. The molecule has 144 valence electrons. The maximum absolute atomic E-state index is 11.7. The monoisotopic (exact) mass is 401 g/mol. The van der Waals surface area contributed by atoms with Crippen molar-refractivity contribution in [3.8, 4) is 5.75 Å². The topological polar surface area (TPSA) is 54.3 Å². The number of carbonyl (C=O) groups excluding carboxylic acids is 1. The first-order chi connectivity index (χ1) is 14.2. The van der Waals surface area contributed by atoms with E-state index in [1.807, 2.05) is 29.3 Å². The van der Waals surface area contributed by atoms with E-state index in [0.29, 0.717) is 5.75 Å². The van der Waals surface area contributed by atoms with E-state index in [0.717, 1.165) is 34.8 Å². The van der Waals surface area contributed by atoms with Crippen molar-refractivity contribution in [2.75, 3.05) is 12.9 Å². The summed E-state index contributed by atoms with van der Waals surface area (Å²) in [5, 5.41) is 9.07. The molecule has 0 aromatic heterocycles. The highest BCUT2D eigenvalue weighted by atomic mass is 32.2. The number of hydrogen-bond donors (Lipinski definition) is 0. The summed E-state index contributed by atoms with van der Waals surface area (Å²) in [7, 11) is 1.66. The molecule has 3 aromatic carbocycles. The van der Waals surface area contributed by atoms with E-state index in [1.54, 1.807) is 7.11 Å². The second kappa shape index (κ2) is 7.37. The number of carbonyl (C=O) groups is 1. The van der Waals surface area contributed by atoms with Crippen molar-refractivity contribution >= 4 is 39.3 Å². The molecule has 0 aliphatic carbocycles. The van der Waals surface area contributed by atoms with E-state index < -0.39 is 0 Å². The van der Waals surface area contributed by atoms with Gasteiger partial charge in [0, 0.05) is 6.42 Å². The number of rotatable bonds is 3. The number of methoxy groups -OCH3 is 1. The van der Waals surface area contributed by atoms with E-state index in [2.05, 4.69) is 47.5 Å². The van der Waals surface area contributed by atoms with Crippen LogP contribution in [-0.2, 0) is 0 Å². The van der Waals surface area contributed by atoms with Gasteiger partial charge in [-0.05, 0) is 40.1 Å². The highest BCUT2D eigenvalue weighted by Crippen LogP contribution is 2.36. The van der Waals surface area contributed by atoms with Gasteiger partial charge in [-0.2, -0.15) is 10.1 Å². The SMILES string of the molecule is COc1ccc(C2CC(c3ccc4ccccc4c3)=NN2C2=NC(=O)SC2)cc1. The van der Waals surface area contributed by atoms with Gasteiger partial charge in [0.2, 0.25) is 0 Å². The van der Waals surface area contributed by atoms with Crippen molar-refractivity contribution in [3.05, 3.63) is 77.9 Å². The molecule has 6 heteroatoms. The van der Waals surface area contributed by atoms with Crippen LogP contribution in [0, 0.1) is 0 Å². The van der Waals surface area contributed by atoms with Crippen molar-refractivity contribution < 1.29 is 9.53 Å². The van der Waals surface area contributed by atoms with Gasteiger partial charge in [0.1, 0.15) is 11.6 Å². The van der Waals surface area contributed by atoms with E-state index in [1.165, 1.54) is 22.5 Å². The Morgan fingerprint density at radius 2 is 1.83 bits per heavy atom. The summed E-state index contributed by atoms with van der Waals surface area (Å²) in [6.07, 6.45) is 0.753. The Bertz CT molecular complexity index is 1150. The first-order valence-corrected chi connectivity index (χ1v) is 10.4. The fourth-order valence-corrected chi connectivity index (χ4v) is 4.41. The van der Waals surface area contributed by atoms with Crippen LogP contribution < -0.4 is 4.74 Å². The third-order valence-corrected chi connectivity index (χ3v) is 6.04. The standard InChI is InChI=1S/C23H19N3O2S/c1-28-19-10-8-16(9-11-19)21-13-20(25-26(21)22-14-29-23(27)24-22)18-7-6-15-4-2-3-5-17(15)12-18/h2-12,21H,13-14H2,1H3. The van der Waals surface area contributed by atoms with Gasteiger partial charge in [-0.15, -0.1) is 0 Å². The lowest BCUT2D eigenvalue weighted by Gasteiger charge is -2.23. The summed E-state index contributed by atoms with van der Waals surface area (Å²) in [5.74, 6) is 2.09. The molecular formula is C23H19N3O2S. The molecule has 3 aromatic rings. The number of amides is 1. The maximum Gasteiger partial charge on any atom is 0.307 e. The number of nitrogens with zero attached hydrogens (tertiary/aromatic N) is 3. The van der Waals surface area contributed by atoms with Crippen LogP contribution in [0.2, 0.25) is 0 Å². The Morgan fingerprint density at radius 3 is 2.55 bits per heavy atom. The first-order valence-electron chi connectivity index (χ1n) is 9.45. The minimum atomic E-state index is -0.150. The molecule has 0 saturated heterocycles. The van der Waals surface area contributed by atoms with E-state index in [4.69, 9.17) is 9.84 Å². The number of hydrogen-bond acceptors (Lipinski definition) is 5. The van der Waals surface area contributed by atoms with Gasteiger partial charge in [-0.1, -0.05) is 60.3 Å². The van der Waals surface area contributed by atoms with Crippen molar-refractivity contribution in [2.45, 2.75) is 12.5 Å². The van der Waals surface area contributed by atoms with E-state index in [9.17, 15) is 4.79 Å². The van der Waals surface area contributed by atoms with E-state index >= 15 is 0 Å². The largest absolute Gasteiger partial charge is 0.497 e. The number of thioether (sulfide) groups is 1. The summed E-state index contributed by atoms with van der Waals surface area (Å²) >= 11 is 1.22. The molecule has 29 heavy (non-hydrogen) atoms. The molecule has 0 saturated carbocycles. The smallest absolute Gasteiger partial charge is 0.307 e. The quantitative estimate of drug-likeness (QED) is 0.600. The average molecular weight is 401 g/mol. The Morgan fingerprint density at radius 1 is 1.03 bits per heavy atom. The highest BCUT2D eigenvalue weighted by Gasteiger charge is 2.34. The number of aliphatic imine (C=N–C) groups is 1. The normalized spacial score (nSPS) is 18.9. The summed E-state index contributed by atoms with van der Waals surface area (Å²) < 4.78 is 5.29. The second-order valence-electron chi connectivity index (χ2n) is 7.03. The molecule has 0 bridgehead atoms. The van der Waals surface area contributed by atoms with Gasteiger partial charge in [0.25, 0.3) is 0 Å². The van der Waals surface area contributed by atoms with Crippen molar-refractivity contribution in [1.29, 1.82) is 0 Å². The van der Waals surface area contributed by atoms with E-state index in [-0.39, 0.29) is 11.3 Å². The van der Waals surface area contributed by atoms with Crippen LogP contribution in [0.15, 0.2) is 76.8 Å². The molecule has 1 unspecified atom stereocenters. The molecule has 0 radical (unpaired) electrons. The van der Waals surface area contributed by atoms with Crippen LogP contribution in [0.1, 0.15) is 23.6 Å². The summed E-state index contributed by atoms with van der Waals surface area (Å²) in [6, 6.07) is 22.8. The van der Waals surface area contributed by atoms with Crippen molar-refractivity contribution in [2.24, 2.45) is 10.1 Å². The molecular weight excluding hydrogens is 382 g/mol. The lowest BCUT2D eigenvalue weighted by atomic mass is 9.97. The Labute approximate surface area is 173 Å². The molecule has 0 fully saturated rings. The lowest BCUT2D eigenvalue weighted by Crippen LogP contribution is -2.27. The van der Waals surface area contributed by atoms with Crippen LogP contribution in [0.4, 0.5) is 4.79 Å². The Hall–Kier alpha value is -3.12. The van der Waals surface area contributed by atoms with Gasteiger partial charge in [0.05, 0.1) is 24.6 Å². The van der Waals surface area contributed by atoms with Gasteiger partial charge >= 0.3 is 5.24 Å². The molecule has 1 atom stereocenters. The minimum absolute atomic E-state index is 0.00706. The van der Waals surface area contributed by atoms with Gasteiger partial charge in [-0.25, -0.2) is 5.01 Å². The van der Waals surface area contributed by atoms with Crippen LogP contribution in [0.3, 0.4) is 0 Å². The molecule has 5 rings (SSSR count). The van der Waals surface area contributed by atoms with Crippen molar-refractivity contribution in [3.63, 3.8) is 0 Å². The fraction of sp³-hybridized carbons (Fsp3) is 0.174. The first kappa shape index (κ1) is 17.9. The predicted molar refractivity (Wildman–Crippen MR) is 118 cm³/mol. The zero-order valence-electron chi connectivity index (χ0n) is 15.9. The van der Waals surface area contributed by atoms with Gasteiger partial charge < -0.3 is 4.74 Å². The molecule has 5 nitrogen and oxygen atoms in total. The minimum Gasteiger partial charge on any atom is -0.497 e. The van der Waals surface area contributed by atoms with Crippen molar-refractivity contribution in [1.82, 2.24) is 5.01 Å².